The van der Waals surface area contributed by atoms with Gasteiger partial charge in [0.25, 0.3) is 0 Å². The van der Waals surface area contributed by atoms with Crippen molar-refractivity contribution in [1.82, 2.24) is 0 Å². The second kappa shape index (κ2) is 5.03. The summed E-state index contributed by atoms with van der Waals surface area (Å²) in [7, 11) is -1.55. The zero-order valence-electron chi connectivity index (χ0n) is 10.1. The van der Waals surface area contributed by atoms with Gasteiger partial charge in [-0.15, -0.1) is 0 Å². The molecule has 0 heterocycles. The van der Waals surface area contributed by atoms with E-state index < -0.39 is 16.6 Å². The first-order valence-corrected chi connectivity index (χ1v) is 18.3. The Hall–Kier alpha value is 0.788. The molecule has 0 bridgehead atoms. The maximum absolute atomic E-state index is 6.01. The molecule has 0 saturated heterocycles. The first kappa shape index (κ1) is 13.8. The van der Waals surface area contributed by atoms with Crippen LogP contribution in [0.1, 0.15) is 0 Å². The lowest BCUT2D eigenvalue weighted by atomic mass is 11.5. The summed E-state index contributed by atoms with van der Waals surface area (Å²) in [4.78, 5) is 0. The third-order valence-corrected chi connectivity index (χ3v) is 6.91. The van der Waals surface area contributed by atoms with E-state index in [2.05, 4.69) is 39.3 Å². The van der Waals surface area contributed by atoms with Gasteiger partial charge in [0.1, 0.15) is 5.91 Å². The number of hydrogen-bond donors (Lipinski definition) is 0. The van der Waals surface area contributed by atoms with E-state index in [4.69, 9.17) is 8.85 Å². The van der Waals surface area contributed by atoms with Crippen molar-refractivity contribution in [3.63, 3.8) is 0 Å². The smallest absolute Gasteiger partial charge is 0.186 e. The van der Waals surface area contributed by atoms with Crippen molar-refractivity contribution >= 4 is 35.4 Å². The fourth-order valence-electron chi connectivity index (χ4n) is 0.979. The van der Waals surface area contributed by atoms with Crippen LogP contribution in [0.5, 0.6) is 0 Å². The van der Waals surface area contributed by atoms with Crippen LogP contribution in [0.2, 0.25) is 39.3 Å². The van der Waals surface area contributed by atoms with Crippen molar-refractivity contribution in [2.75, 3.05) is 0 Å². The lowest BCUT2D eigenvalue weighted by Crippen LogP contribution is -2.43. The molecule has 0 aromatic heterocycles. The molecule has 0 N–H and O–H groups in total. The van der Waals surface area contributed by atoms with Crippen LogP contribution >= 0.6 is 0 Å². The number of hydrogen-bond acceptors (Lipinski definition) is 2. The third kappa shape index (κ3) is 9.10. The van der Waals surface area contributed by atoms with Gasteiger partial charge in [0.15, 0.2) is 16.6 Å². The monoisotopic (exact) mass is 252 g/mol. The van der Waals surface area contributed by atoms with E-state index >= 15 is 0 Å². The van der Waals surface area contributed by atoms with Crippen molar-refractivity contribution in [3.8, 4) is 0 Å². The Balaban J connectivity index is 4.05. The fraction of sp³-hybridized carbons (Fsp3) is 1.00. The maximum Gasteiger partial charge on any atom is 0.186 e. The third-order valence-electron chi connectivity index (χ3n) is 1.30. The minimum Gasteiger partial charge on any atom is -0.398 e. The largest absolute Gasteiger partial charge is 0.398 e. The molecule has 0 fully saturated rings. The van der Waals surface area contributed by atoms with E-state index in [9.17, 15) is 0 Å². The molecule has 0 aromatic carbocycles. The van der Waals surface area contributed by atoms with Crippen molar-refractivity contribution in [2.45, 2.75) is 45.2 Å². The van der Waals surface area contributed by atoms with Gasteiger partial charge in [-0.05, 0) is 49.0 Å². The van der Waals surface area contributed by atoms with Crippen LogP contribution in [0.4, 0.5) is 0 Å². The molecule has 0 aromatic rings. The van der Waals surface area contributed by atoms with Crippen molar-refractivity contribution in [1.29, 1.82) is 0 Å². The van der Waals surface area contributed by atoms with Crippen LogP contribution in [0.15, 0.2) is 0 Å². The van der Waals surface area contributed by atoms with Gasteiger partial charge in [0.2, 0.25) is 0 Å². The van der Waals surface area contributed by atoms with Gasteiger partial charge in [0.05, 0.1) is 9.04 Å². The van der Waals surface area contributed by atoms with E-state index in [0.29, 0.717) is 0 Å². The quantitative estimate of drug-likeness (QED) is 0.522. The van der Waals surface area contributed by atoms with E-state index in [0.717, 1.165) is 0 Å². The molecule has 0 amide bonds. The molecule has 6 heteroatoms. The van der Waals surface area contributed by atoms with E-state index in [1.807, 2.05) is 0 Å². The molecule has 0 aliphatic carbocycles. The minimum absolute atomic E-state index is 0.0678. The lowest BCUT2D eigenvalue weighted by Gasteiger charge is -2.30. The molecule has 80 valence electrons. The zero-order valence-corrected chi connectivity index (χ0v) is 15.5. The Kier molecular flexibility index (Phi) is 5.34. The summed E-state index contributed by atoms with van der Waals surface area (Å²) in [6, 6.07) is 0. The van der Waals surface area contributed by atoms with Crippen molar-refractivity contribution in [2.24, 2.45) is 0 Å². The summed E-state index contributed by atoms with van der Waals surface area (Å²) < 4.78 is 12.0. The highest BCUT2D eigenvalue weighted by Crippen LogP contribution is 2.12. The zero-order chi connectivity index (χ0) is 10.7. The predicted molar refractivity (Wildman–Crippen MR) is 71.1 cm³/mol. The molecule has 0 aliphatic rings. The fourth-order valence-corrected chi connectivity index (χ4v) is 10.1. The average molecular weight is 253 g/mol. The van der Waals surface area contributed by atoms with Gasteiger partial charge in [-0.1, -0.05) is 0 Å². The molecule has 0 atom stereocenters. The second-order valence-corrected chi connectivity index (χ2v) is 18.2. The van der Waals surface area contributed by atoms with Gasteiger partial charge < -0.3 is 8.85 Å². The maximum atomic E-state index is 6.01. The Morgan fingerprint density at radius 2 is 1.23 bits per heavy atom. The van der Waals surface area contributed by atoms with E-state index in [1.54, 1.807) is 0 Å². The lowest BCUT2D eigenvalue weighted by molar-refractivity contribution is 0.0628. The highest BCUT2D eigenvalue weighted by atomic mass is 29.1. The summed E-state index contributed by atoms with van der Waals surface area (Å²) in [5.41, 5.74) is 0. The SMILES string of the molecule is C[Si](C)(C)OC(O[Si](C)(C)C)[SiH2][SiH3]. The summed E-state index contributed by atoms with van der Waals surface area (Å²) >= 11 is 0. The van der Waals surface area contributed by atoms with Gasteiger partial charge in [-0.25, -0.2) is 0 Å². The van der Waals surface area contributed by atoms with Gasteiger partial charge >= 0.3 is 0 Å². The highest BCUT2D eigenvalue weighted by molar-refractivity contribution is 6.90. The van der Waals surface area contributed by atoms with Crippen LogP contribution in [-0.2, 0) is 8.85 Å². The second-order valence-electron chi connectivity index (χ2n) is 5.30. The Labute approximate surface area is 89.7 Å². The number of rotatable bonds is 5. The van der Waals surface area contributed by atoms with Gasteiger partial charge in [-0.2, -0.15) is 0 Å². The summed E-state index contributed by atoms with van der Waals surface area (Å²) in [5.74, 6) is 0.227. The molecule has 0 radical (unpaired) electrons. The highest BCUT2D eigenvalue weighted by Gasteiger charge is 2.25. The van der Waals surface area contributed by atoms with Gasteiger partial charge in [0, 0.05) is 0 Å². The molecule has 0 saturated carbocycles. The summed E-state index contributed by atoms with van der Waals surface area (Å²) in [6.07, 6.45) is 0. The first-order valence-electron chi connectivity index (χ1n) is 5.00. The van der Waals surface area contributed by atoms with Crippen LogP contribution in [0.25, 0.3) is 0 Å². The normalized spacial score (nSPS) is 15.0. The van der Waals surface area contributed by atoms with Crippen molar-refractivity contribution in [3.05, 3.63) is 0 Å². The van der Waals surface area contributed by atoms with Crippen LogP contribution in [0, 0.1) is 0 Å². The Bertz CT molecular complexity index is 134. The van der Waals surface area contributed by atoms with Crippen molar-refractivity contribution < 1.29 is 8.85 Å². The van der Waals surface area contributed by atoms with E-state index in [1.165, 1.54) is 9.76 Å². The molecular weight excluding hydrogens is 228 g/mol. The first-order chi connectivity index (χ1) is 5.64. The van der Waals surface area contributed by atoms with Gasteiger partial charge in [-0.3, -0.25) is 0 Å². The van der Waals surface area contributed by atoms with Crippen LogP contribution < -0.4 is 0 Å². The Morgan fingerprint density at radius 1 is 0.923 bits per heavy atom. The Morgan fingerprint density at radius 3 is 1.38 bits per heavy atom. The molecule has 13 heavy (non-hydrogen) atoms. The molecule has 0 rings (SSSR count). The average Bonchev–Trinajstić information content (AvgIpc) is 1.79. The summed E-state index contributed by atoms with van der Waals surface area (Å²) in [5, 5.41) is 0. The molecule has 0 spiro atoms. The predicted octanol–water partition coefficient (Wildman–Crippen LogP) is 0.422. The molecule has 2 nitrogen and oxygen atoms in total. The van der Waals surface area contributed by atoms with Crippen LogP contribution in [-0.4, -0.2) is 41.3 Å². The summed E-state index contributed by atoms with van der Waals surface area (Å²) in [6.45, 7) is 13.4. The standard InChI is InChI=1S/C7H24O2Si4/c1-12(2,3)8-7(11-10)9-13(4,5)6/h7H,11H2,1-6,10H3. The molecule has 0 unspecified atom stereocenters. The van der Waals surface area contributed by atoms with E-state index in [-0.39, 0.29) is 15.0 Å². The molecular formula is C7H24O2Si4. The topological polar surface area (TPSA) is 18.5 Å². The molecule has 0 aliphatic heterocycles. The van der Waals surface area contributed by atoms with Crippen LogP contribution in [0.3, 0.4) is 0 Å². The minimum atomic E-state index is -1.39.